The Morgan fingerprint density at radius 3 is 3.00 bits per heavy atom. The summed E-state index contributed by atoms with van der Waals surface area (Å²) in [5.41, 5.74) is 5.86. The van der Waals surface area contributed by atoms with E-state index in [1.165, 1.54) is 0 Å². The van der Waals surface area contributed by atoms with Gasteiger partial charge in [-0.05, 0) is 31.4 Å². The molecule has 3 N–H and O–H groups in total. The SMILES string of the molecule is Cl.NC1CCCC(C(=O)NCc2ccco2)C1. The van der Waals surface area contributed by atoms with E-state index >= 15 is 0 Å². The summed E-state index contributed by atoms with van der Waals surface area (Å²) in [5.74, 6) is 0.971. The van der Waals surface area contributed by atoms with E-state index in [0.717, 1.165) is 31.4 Å². The maximum Gasteiger partial charge on any atom is 0.223 e. The van der Waals surface area contributed by atoms with Crippen molar-refractivity contribution in [3.05, 3.63) is 24.2 Å². The van der Waals surface area contributed by atoms with Crippen LogP contribution in [0.3, 0.4) is 0 Å². The highest BCUT2D eigenvalue weighted by atomic mass is 35.5. The molecule has 1 aliphatic rings. The number of carbonyl (C=O) groups is 1. The minimum atomic E-state index is 0. The highest BCUT2D eigenvalue weighted by Crippen LogP contribution is 2.23. The van der Waals surface area contributed by atoms with Gasteiger partial charge in [0.15, 0.2) is 0 Å². The first-order chi connectivity index (χ1) is 7.75. The van der Waals surface area contributed by atoms with Crippen LogP contribution in [0.2, 0.25) is 0 Å². The molecule has 0 radical (unpaired) electrons. The van der Waals surface area contributed by atoms with E-state index in [4.69, 9.17) is 10.2 Å². The number of hydrogen-bond donors (Lipinski definition) is 2. The average Bonchev–Trinajstić information content (AvgIpc) is 2.78. The first-order valence-electron chi connectivity index (χ1n) is 5.81. The topological polar surface area (TPSA) is 68.3 Å². The minimum Gasteiger partial charge on any atom is -0.467 e. The van der Waals surface area contributed by atoms with Crippen LogP contribution in [-0.4, -0.2) is 11.9 Å². The second kappa shape index (κ2) is 6.67. The summed E-state index contributed by atoms with van der Waals surface area (Å²) in [5, 5.41) is 2.89. The van der Waals surface area contributed by atoms with Crippen molar-refractivity contribution in [3.63, 3.8) is 0 Å². The first-order valence-corrected chi connectivity index (χ1v) is 5.81. The molecule has 2 unspecified atom stereocenters. The Hall–Kier alpha value is -1.00. The largest absolute Gasteiger partial charge is 0.467 e. The van der Waals surface area contributed by atoms with Crippen LogP contribution >= 0.6 is 12.4 Å². The number of rotatable bonds is 3. The smallest absolute Gasteiger partial charge is 0.223 e. The van der Waals surface area contributed by atoms with Crippen molar-refractivity contribution in [2.75, 3.05) is 0 Å². The standard InChI is InChI=1S/C12H18N2O2.ClH/c13-10-4-1-3-9(7-10)12(15)14-8-11-5-2-6-16-11;/h2,5-6,9-10H,1,3-4,7-8,13H2,(H,14,15);1H. The number of furan rings is 1. The van der Waals surface area contributed by atoms with Crippen molar-refractivity contribution in [2.24, 2.45) is 11.7 Å². The van der Waals surface area contributed by atoms with Crippen LogP contribution in [0.4, 0.5) is 0 Å². The molecule has 1 aromatic rings. The Morgan fingerprint density at radius 2 is 2.35 bits per heavy atom. The Balaban J connectivity index is 0.00000144. The highest BCUT2D eigenvalue weighted by molar-refractivity contribution is 5.85. The maximum atomic E-state index is 11.8. The fourth-order valence-corrected chi connectivity index (χ4v) is 2.20. The second-order valence-corrected chi connectivity index (χ2v) is 4.42. The van der Waals surface area contributed by atoms with Crippen molar-refractivity contribution in [1.29, 1.82) is 0 Å². The first kappa shape index (κ1) is 14.1. The lowest BCUT2D eigenvalue weighted by atomic mass is 9.85. The molecule has 0 saturated heterocycles. The Labute approximate surface area is 107 Å². The summed E-state index contributed by atoms with van der Waals surface area (Å²) < 4.78 is 5.15. The molecule has 0 bridgehead atoms. The lowest BCUT2D eigenvalue weighted by Crippen LogP contribution is -2.37. The molecule has 4 nitrogen and oxygen atoms in total. The molecule has 96 valence electrons. The van der Waals surface area contributed by atoms with Gasteiger partial charge in [0, 0.05) is 12.0 Å². The zero-order valence-corrected chi connectivity index (χ0v) is 10.5. The van der Waals surface area contributed by atoms with Gasteiger partial charge in [0.1, 0.15) is 5.76 Å². The summed E-state index contributed by atoms with van der Waals surface area (Å²) in [6.45, 7) is 0.470. The van der Waals surface area contributed by atoms with E-state index in [9.17, 15) is 4.79 Å². The van der Waals surface area contributed by atoms with Gasteiger partial charge in [-0.1, -0.05) is 6.42 Å². The number of hydrogen-bond acceptors (Lipinski definition) is 3. The molecule has 0 spiro atoms. The second-order valence-electron chi connectivity index (χ2n) is 4.42. The molecule has 1 amide bonds. The van der Waals surface area contributed by atoms with Crippen LogP contribution in [0.5, 0.6) is 0 Å². The molecule has 1 aromatic heterocycles. The fraction of sp³-hybridized carbons (Fsp3) is 0.583. The lowest BCUT2D eigenvalue weighted by molar-refractivity contribution is -0.126. The molecule has 1 heterocycles. The Bertz CT molecular complexity index is 340. The van der Waals surface area contributed by atoms with Gasteiger partial charge in [-0.2, -0.15) is 0 Å². The van der Waals surface area contributed by atoms with Crippen molar-refractivity contribution >= 4 is 18.3 Å². The fourth-order valence-electron chi connectivity index (χ4n) is 2.20. The van der Waals surface area contributed by atoms with E-state index in [0.29, 0.717) is 6.54 Å². The van der Waals surface area contributed by atoms with E-state index in [1.807, 2.05) is 12.1 Å². The predicted octanol–water partition coefficient (Wildman–Crippen LogP) is 1.84. The number of halogens is 1. The van der Waals surface area contributed by atoms with Crippen molar-refractivity contribution in [3.8, 4) is 0 Å². The molecule has 2 atom stereocenters. The lowest BCUT2D eigenvalue weighted by Gasteiger charge is -2.25. The summed E-state index contributed by atoms with van der Waals surface area (Å²) in [6.07, 6.45) is 5.47. The maximum absolute atomic E-state index is 11.8. The van der Waals surface area contributed by atoms with Gasteiger partial charge < -0.3 is 15.5 Å². The minimum absolute atomic E-state index is 0. The average molecular weight is 259 g/mol. The van der Waals surface area contributed by atoms with Gasteiger partial charge in [-0.15, -0.1) is 12.4 Å². The molecule has 2 rings (SSSR count). The number of nitrogens with one attached hydrogen (secondary N) is 1. The number of carbonyl (C=O) groups excluding carboxylic acids is 1. The van der Waals surface area contributed by atoms with Gasteiger partial charge in [0.2, 0.25) is 5.91 Å². The van der Waals surface area contributed by atoms with Crippen molar-refractivity contribution < 1.29 is 9.21 Å². The summed E-state index contributed by atoms with van der Waals surface area (Å²) in [4.78, 5) is 11.8. The van der Waals surface area contributed by atoms with Crippen LogP contribution in [0.25, 0.3) is 0 Å². The molecule has 1 saturated carbocycles. The normalized spacial score (nSPS) is 23.8. The summed E-state index contributed by atoms with van der Waals surface area (Å²) >= 11 is 0. The Kier molecular flexibility index (Phi) is 5.51. The zero-order valence-electron chi connectivity index (χ0n) is 9.72. The van der Waals surface area contributed by atoms with Crippen molar-refractivity contribution in [2.45, 2.75) is 38.3 Å². The van der Waals surface area contributed by atoms with Crippen LogP contribution < -0.4 is 11.1 Å². The molecule has 1 fully saturated rings. The quantitative estimate of drug-likeness (QED) is 0.869. The van der Waals surface area contributed by atoms with Gasteiger partial charge in [-0.25, -0.2) is 0 Å². The molecular formula is C12H19ClN2O2. The van der Waals surface area contributed by atoms with Crippen LogP contribution in [0.1, 0.15) is 31.4 Å². The number of nitrogens with two attached hydrogens (primary N) is 1. The molecule has 0 aromatic carbocycles. The van der Waals surface area contributed by atoms with Gasteiger partial charge in [-0.3, -0.25) is 4.79 Å². The van der Waals surface area contributed by atoms with E-state index < -0.39 is 0 Å². The highest BCUT2D eigenvalue weighted by Gasteiger charge is 2.24. The molecule has 17 heavy (non-hydrogen) atoms. The van der Waals surface area contributed by atoms with E-state index in [1.54, 1.807) is 6.26 Å². The third-order valence-corrected chi connectivity index (χ3v) is 3.10. The van der Waals surface area contributed by atoms with Crippen LogP contribution in [0.15, 0.2) is 22.8 Å². The van der Waals surface area contributed by atoms with E-state index in [2.05, 4.69) is 5.32 Å². The van der Waals surface area contributed by atoms with Gasteiger partial charge in [0.25, 0.3) is 0 Å². The molecule has 5 heteroatoms. The molecule has 1 aliphatic carbocycles. The van der Waals surface area contributed by atoms with Gasteiger partial charge >= 0.3 is 0 Å². The predicted molar refractivity (Wildman–Crippen MR) is 67.7 cm³/mol. The van der Waals surface area contributed by atoms with Gasteiger partial charge in [0.05, 0.1) is 12.8 Å². The number of amides is 1. The zero-order chi connectivity index (χ0) is 11.4. The Morgan fingerprint density at radius 1 is 1.53 bits per heavy atom. The van der Waals surface area contributed by atoms with Crippen LogP contribution in [0, 0.1) is 5.92 Å². The molecular weight excluding hydrogens is 240 g/mol. The summed E-state index contributed by atoms with van der Waals surface area (Å²) in [7, 11) is 0. The third kappa shape index (κ3) is 4.06. The van der Waals surface area contributed by atoms with E-state index in [-0.39, 0.29) is 30.3 Å². The van der Waals surface area contributed by atoms with Crippen LogP contribution in [-0.2, 0) is 11.3 Å². The molecule has 0 aliphatic heterocycles. The van der Waals surface area contributed by atoms with Crippen molar-refractivity contribution in [1.82, 2.24) is 5.32 Å². The third-order valence-electron chi connectivity index (χ3n) is 3.10. The monoisotopic (exact) mass is 258 g/mol. The summed E-state index contributed by atoms with van der Waals surface area (Å²) in [6, 6.07) is 3.86.